The molecule has 0 saturated heterocycles. The van der Waals surface area contributed by atoms with Crippen molar-refractivity contribution in [2.24, 2.45) is 0 Å². The summed E-state index contributed by atoms with van der Waals surface area (Å²) < 4.78 is 0. The Morgan fingerprint density at radius 2 is 1.12 bits per heavy atom. The Morgan fingerprint density at radius 1 is 0.562 bits per heavy atom. The first-order valence-electron chi connectivity index (χ1n) is 11.1. The van der Waals surface area contributed by atoms with Crippen LogP contribution in [0, 0.1) is 0 Å². The summed E-state index contributed by atoms with van der Waals surface area (Å²) in [6.07, 6.45) is 9.78. The van der Waals surface area contributed by atoms with Crippen LogP contribution >= 0.6 is 0 Å². The number of nitrogens with one attached hydrogen (secondary N) is 1. The van der Waals surface area contributed by atoms with Crippen LogP contribution in [0.2, 0.25) is 0 Å². The molecule has 32 heavy (non-hydrogen) atoms. The summed E-state index contributed by atoms with van der Waals surface area (Å²) >= 11 is 0. The summed E-state index contributed by atoms with van der Waals surface area (Å²) in [5.41, 5.74) is 7.02. The lowest BCUT2D eigenvalue weighted by Crippen LogP contribution is -2.29. The number of para-hydroxylation sites is 2. The normalized spacial score (nSPS) is 14.8. The number of hydrogen-bond donors (Lipinski definition) is 1. The van der Waals surface area contributed by atoms with Crippen molar-refractivity contribution in [3.63, 3.8) is 0 Å². The zero-order valence-electron chi connectivity index (χ0n) is 17.9. The van der Waals surface area contributed by atoms with Gasteiger partial charge in [0.1, 0.15) is 0 Å². The molecule has 1 unspecified atom stereocenters. The summed E-state index contributed by atoms with van der Waals surface area (Å²) in [4.78, 5) is 2.41. The average Bonchev–Trinajstić information content (AvgIpc) is 2.87. The lowest BCUT2D eigenvalue weighted by atomic mass is 10.0. The van der Waals surface area contributed by atoms with Crippen molar-refractivity contribution in [3.8, 4) is 11.1 Å². The maximum atomic E-state index is 3.44. The van der Waals surface area contributed by atoms with Gasteiger partial charge in [0, 0.05) is 22.7 Å². The predicted molar refractivity (Wildman–Crippen MR) is 137 cm³/mol. The van der Waals surface area contributed by atoms with Gasteiger partial charge < -0.3 is 10.2 Å². The maximum absolute atomic E-state index is 3.44. The smallest absolute Gasteiger partial charge is 0.0559 e. The van der Waals surface area contributed by atoms with E-state index >= 15 is 0 Å². The molecule has 2 heteroatoms. The topological polar surface area (TPSA) is 15.3 Å². The van der Waals surface area contributed by atoms with E-state index in [-0.39, 0.29) is 0 Å². The van der Waals surface area contributed by atoms with Crippen LogP contribution in [0.15, 0.2) is 133 Å². The standard InChI is InChI=1S/C30H26N2/c1-4-10-26(11-5-1)31-27-20-16-24(17-21-27)25-18-22-30(23-19-25)32(28-12-6-2-7-13-28)29-14-8-3-9-15-29/h1-14,16-23,29,31H,15H2. The first-order valence-corrected chi connectivity index (χ1v) is 11.1. The fraction of sp³-hybridized carbons (Fsp3) is 0.0667. The van der Waals surface area contributed by atoms with Gasteiger partial charge in [-0.3, -0.25) is 0 Å². The molecule has 4 aromatic rings. The molecule has 2 nitrogen and oxygen atoms in total. The van der Waals surface area contributed by atoms with Crippen LogP contribution in [0.3, 0.4) is 0 Å². The number of allylic oxidation sites excluding steroid dienone is 2. The molecule has 1 N–H and O–H groups in total. The van der Waals surface area contributed by atoms with Gasteiger partial charge in [0.05, 0.1) is 6.04 Å². The summed E-state index contributed by atoms with van der Waals surface area (Å²) in [5, 5.41) is 3.44. The van der Waals surface area contributed by atoms with Crippen molar-refractivity contribution in [1.82, 2.24) is 0 Å². The van der Waals surface area contributed by atoms with Crippen molar-refractivity contribution in [2.75, 3.05) is 10.2 Å². The van der Waals surface area contributed by atoms with Gasteiger partial charge in [0.2, 0.25) is 0 Å². The number of anilines is 4. The quantitative estimate of drug-likeness (QED) is 0.343. The van der Waals surface area contributed by atoms with Gasteiger partial charge >= 0.3 is 0 Å². The van der Waals surface area contributed by atoms with E-state index in [4.69, 9.17) is 0 Å². The molecule has 0 amide bonds. The zero-order chi connectivity index (χ0) is 21.6. The number of benzene rings is 4. The molecule has 0 saturated carbocycles. The molecule has 0 radical (unpaired) electrons. The van der Waals surface area contributed by atoms with Gasteiger partial charge in [-0.05, 0) is 66.1 Å². The molecule has 1 atom stereocenters. The minimum Gasteiger partial charge on any atom is -0.356 e. The van der Waals surface area contributed by atoms with Gasteiger partial charge in [0.15, 0.2) is 0 Å². The van der Waals surface area contributed by atoms with Gasteiger partial charge in [0.25, 0.3) is 0 Å². The molecule has 0 spiro atoms. The predicted octanol–water partition coefficient (Wildman–Crippen LogP) is 8.12. The van der Waals surface area contributed by atoms with Gasteiger partial charge in [-0.1, -0.05) is 85.0 Å². The van der Waals surface area contributed by atoms with E-state index in [2.05, 4.69) is 126 Å². The van der Waals surface area contributed by atoms with Crippen LogP contribution < -0.4 is 10.2 Å². The van der Waals surface area contributed by atoms with E-state index < -0.39 is 0 Å². The summed E-state index contributed by atoms with van der Waals surface area (Å²) in [6.45, 7) is 0. The Labute approximate surface area is 190 Å². The zero-order valence-corrected chi connectivity index (χ0v) is 17.9. The van der Waals surface area contributed by atoms with E-state index in [9.17, 15) is 0 Å². The van der Waals surface area contributed by atoms with E-state index in [1.165, 1.54) is 22.5 Å². The Bertz CT molecular complexity index is 1190. The molecule has 0 heterocycles. The highest BCUT2D eigenvalue weighted by Gasteiger charge is 2.18. The van der Waals surface area contributed by atoms with Gasteiger partial charge in [-0.15, -0.1) is 0 Å². The molecule has 0 fully saturated rings. The second-order valence-corrected chi connectivity index (χ2v) is 7.94. The minimum absolute atomic E-state index is 0.316. The molecular formula is C30H26N2. The van der Waals surface area contributed by atoms with E-state index in [0.29, 0.717) is 6.04 Å². The Morgan fingerprint density at radius 3 is 1.75 bits per heavy atom. The van der Waals surface area contributed by atoms with Crippen molar-refractivity contribution < 1.29 is 0 Å². The van der Waals surface area contributed by atoms with Crippen molar-refractivity contribution in [2.45, 2.75) is 12.5 Å². The number of hydrogen-bond acceptors (Lipinski definition) is 2. The van der Waals surface area contributed by atoms with E-state index in [1.54, 1.807) is 0 Å². The summed E-state index contributed by atoms with van der Waals surface area (Å²) in [6, 6.07) is 38.7. The third-order valence-corrected chi connectivity index (χ3v) is 5.75. The summed E-state index contributed by atoms with van der Waals surface area (Å²) in [7, 11) is 0. The molecule has 156 valence electrons. The average molecular weight is 415 g/mol. The third-order valence-electron chi connectivity index (χ3n) is 5.75. The molecule has 0 aromatic heterocycles. The van der Waals surface area contributed by atoms with Gasteiger partial charge in [-0.2, -0.15) is 0 Å². The fourth-order valence-electron chi connectivity index (χ4n) is 4.13. The Hall–Kier alpha value is -4.04. The van der Waals surface area contributed by atoms with Crippen molar-refractivity contribution >= 4 is 22.7 Å². The molecule has 1 aliphatic carbocycles. The molecular weight excluding hydrogens is 388 g/mol. The first-order chi connectivity index (χ1) is 15.9. The Kier molecular flexibility index (Phi) is 5.85. The lowest BCUT2D eigenvalue weighted by Gasteiger charge is -2.32. The number of rotatable bonds is 6. The molecule has 0 bridgehead atoms. The van der Waals surface area contributed by atoms with Crippen LogP contribution in [0.1, 0.15) is 6.42 Å². The van der Waals surface area contributed by atoms with Crippen LogP contribution in [0.5, 0.6) is 0 Å². The largest absolute Gasteiger partial charge is 0.356 e. The lowest BCUT2D eigenvalue weighted by molar-refractivity contribution is 0.785. The molecule has 5 rings (SSSR count). The number of nitrogens with zero attached hydrogens (tertiary/aromatic N) is 1. The highest BCUT2D eigenvalue weighted by atomic mass is 15.2. The second kappa shape index (κ2) is 9.40. The first kappa shape index (κ1) is 19.9. The Balaban J connectivity index is 1.37. The van der Waals surface area contributed by atoms with E-state index in [1.807, 2.05) is 18.2 Å². The van der Waals surface area contributed by atoms with Crippen LogP contribution in [0.25, 0.3) is 11.1 Å². The molecule has 4 aromatic carbocycles. The van der Waals surface area contributed by atoms with Crippen LogP contribution in [-0.4, -0.2) is 6.04 Å². The van der Waals surface area contributed by atoms with Crippen molar-refractivity contribution in [3.05, 3.63) is 133 Å². The SMILES string of the molecule is C1=CCC(N(c2ccccc2)c2ccc(-c3ccc(Nc4ccccc4)cc3)cc2)C=C1. The fourth-order valence-corrected chi connectivity index (χ4v) is 4.13. The highest BCUT2D eigenvalue weighted by Crippen LogP contribution is 2.32. The van der Waals surface area contributed by atoms with E-state index in [0.717, 1.165) is 17.8 Å². The van der Waals surface area contributed by atoms with Gasteiger partial charge in [-0.25, -0.2) is 0 Å². The highest BCUT2D eigenvalue weighted by molar-refractivity contribution is 5.72. The minimum atomic E-state index is 0.316. The second-order valence-electron chi connectivity index (χ2n) is 7.94. The van der Waals surface area contributed by atoms with Crippen LogP contribution in [-0.2, 0) is 0 Å². The molecule has 0 aliphatic heterocycles. The van der Waals surface area contributed by atoms with Crippen molar-refractivity contribution in [1.29, 1.82) is 0 Å². The third kappa shape index (κ3) is 4.50. The molecule has 1 aliphatic rings. The maximum Gasteiger partial charge on any atom is 0.0559 e. The monoisotopic (exact) mass is 414 g/mol. The summed E-state index contributed by atoms with van der Waals surface area (Å²) in [5.74, 6) is 0. The van der Waals surface area contributed by atoms with Crippen LogP contribution in [0.4, 0.5) is 22.7 Å².